The number of hydrogen-bond donors (Lipinski definition) is 3. The highest BCUT2D eigenvalue weighted by atomic mass is 16.3. The van der Waals surface area contributed by atoms with Gasteiger partial charge in [0.25, 0.3) is 0 Å². The molecule has 5 heterocycles. The van der Waals surface area contributed by atoms with E-state index in [9.17, 15) is 5.11 Å². The molecule has 0 aliphatic carbocycles. The predicted molar refractivity (Wildman–Crippen MR) is 238 cm³/mol. The summed E-state index contributed by atoms with van der Waals surface area (Å²) >= 11 is 0. The van der Waals surface area contributed by atoms with E-state index in [0.29, 0.717) is 0 Å². The van der Waals surface area contributed by atoms with Crippen LogP contribution in [0.1, 0.15) is 58.9 Å². The molecule has 3 N–H and O–H groups in total. The summed E-state index contributed by atoms with van der Waals surface area (Å²) in [5.41, 5.74) is 18.9. The molecular formula is C52H42N4O. The lowest BCUT2D eigenvalue weighted by Gasteiger charge is -2.08. The highest BCUT2D eigenvalue weighted by molar-refractivity contribution is 6.00. The molecule has 7 aromatic rings. The maximum atomic E-state index is 10.2. The first-order chi connectivity index (χ1) is 27.6. The number of benzene rings is 4. The number of aliphatic hydroxyl groups is 1. The molecule has 0 radical (unpaired) electrons. The third-order valence-electron chi connectivity index (χ3n) is 10.5. The summed E-state index contributed by atoms with van der Waals surface area (Å²) in [5, 5.41) is 10.2. The average Bonchev–Trinajstić information content (AvgIpc) is 4.04. The van der Waals surface area contributed by atoms with Gasteiger partial charge in [-0.15, -0.1) is 0 Å². The number of rotatable bonds is 4. The summed E-state index contributed by atoms with van der Waals surface area (Å²) in [5.74, 6) is 6.06. The van der Waals surface area contributed by atoms with Gasteiger partial charge in [0.1, 0.15) is 5.60 Å². The van der Waals surface area contributed by atoms with Crippen molar-refractivity contribution in [2.24, 2.45) is 0 Å². The van der Waals surface area contributed by atoms with Crippen LogP contribution in [0.15, 0.2) is 121 Å². The Kier molecular flexibility index (Phi) is 8.92. The molecule has 2 aliphatic heterocycles. The van der Waals surface area contributed by atoms with Gasteiger partial charge in [0.15, 0.2) is 0 Å². The van der Waals surface area contributed by atoms with E-state index >= 15 is 0 Å². The van der Waals surface area contributed by atoms with Crippen LogP contribution in [0.25, 0.3) is 90.9 Å². The number of H-pyrrole nitrogens is 2. The summed E-state index contributed by atoms with van der Waals surface area (Å²) < 4.78 is 0. The van der Waals surface area contributed by atoms with Crippen molar-refractivity contribution in [3.63, 3.8) is 0 Å². The van der Waals surface area contributed by atoms with Crippen LogP contribution < -0.4 is 0 Å². The van der Waals surface area contributed by atoms with E-state index in [1.807, 2.05) is 12.1 Å². The molecule has 0 amide bonds. The molecule has 8 bridgehead atoms. The second-order valence-electron chi connectivity index (χ2n) is 15.5. The quantitative estimate of drug-likeness (QED) is 0.157. The number of fused-ring (bicyclic) bond motifs is 8. The van der Waals surface area contributed by atoms with Crippen LogP contribution in [0.3, 0.4) is 0 Å². The van der Waals surface area contributed by atoms with Crippen molar-refractivity contribution in [1.82, 2.24) is 19.9 Å². The van der Waals surface area contributed by atoms with E-state index in [4.69, 9.17) is 9.97 Å². The number of hydrogen-bond acceptors (Lipinski definition) is 3. The largest absolute Gasteiger partial charge is 0.378 e. The van der Waals surface area contributed by atoms with E-state index in [1.165, 1.54) is 16.7 Å². The lowest BCUT2D eigenvalue weighted by Crippen LogP contribution is -2.14. The molecule has 0 spiro atoms. The Morgan fingerprint density at radius 1 is 0.421 bits per heavy atom. The van der Waals surface area contributed by atoms with Crippen LogP contribution in [-0.4, -0.2) is 30.6 Å². The SMILES string of the molecule is Cc1ccc(-c2c3nc(c(-c4ccc(C)cc4)c4ccc([nH]4)c(-c4ccc(C#CC(C)(C)O)cc4)c4ccc([nH]4)c(-c4ccc(C)cc4)c4nc2C=C4)C=C3)cc1. The van der Waals surface area contributed by atoms with Crippen LogP contribution in [0, 0.1) is 32.6 Å². The fourth-order valence-electron chi connectivity index (χ4n) is 7.53. The Balaban J connectivity index is 1.42. The summed E-state index contributed by atoms with van der Waals surface area (Å²) in [6.07, 6.45) is 8.49. The van der Waals surface area contributed by atoms with Crippen molar-refractivity contribution < 1.29 is 5.11 Å². The van der Waals surface area contributed by atoms with Crippen LogP contribution in [0.2, 0.25) is 0 Å². The van der Waals surface area contributed by atoms with E-state index in [1.54, 1.807) is 13.8 Å². The smallest absolute Gasteiger partial charge is 0.120 e. The second kappa shape index (κ2) is 14.3. The van der Waals surface area contributed by atoms with Crippen molar-refractivity contribution in [2.45, 2.75) is 40.2 Å². The first-order valence-corrected chi connectivity index (χ1v) is 19.3. The highest BCUT2D eigenvalue weighted by Crippen LogP contribution is 2.38. The minimum atomic E-state index is -1.08. The third-order valence-corrected chi connectivity index (χ3v) is 10.5. The number of aryl methyl sites for hydroxylation is 3. The molecule has 276 valence electrons. The first-order valence-electron chi connectivity index (χ1n) is 19.3. The summed E-state index contributed by atoms with van der Waals surface area (Å²) in [7, 11) is 0. The number of nitrogens with one attached hydrogen (secondary N) is 2. The van der Waals surface area contributed by atoms with Crippen molar-refractivity contribution in [3.8, 4) is 56.3 Å². The average molecular weight is 739 g/mol. The Bertz CT molecular complexity index is 2830. The van der Waals surface area contributed by atoms with E-state index in [0.717, 1.165) is 94.9 Å². The summed E-state index contributed by atoms with van der Waals surface area (Å²) in [4.78, 5) is 18.5. The van der Waals surface area contributed by atoms with Gasteiger partial charge in [-0.25, -0.2) is 9.97 Å². The third kappa shape index (κ3) is 7.15. The summed E-state index contributed by atoms with van der Waals surface area (Å²) in [6, 6.07) is 42.7. The standard InChI is InChI=1S/C52H42N4O/c1-32-6-14-36(15-7-32)48-40-22-24-42(53-40)49(37-16-8-33(2)9-17-37)44-26-28-46(55-44)51(39-20-12-35(13-21-39)30-31-52(4,5)57)47-29-27-45(56-47)50(43-25-23-41(48)54-43)38-18-10-34(3)11-19-38/h6-29,55-57H,1-5H3. The van der Waals surface area contributed by atoms with Crippen molar-refractivity contribution >= 4 is 46.4 Å². The molecule has 3 aromatic heterocycles. The maximum Gasteiger partial charge on any atom is 0.120 e. The Morgan fingerprint density at radius 2 is 0.737 bits per heavy atom. The van der Waals surface area contributed by atoms with Gasteiger partial charge in [-0.2, -0.15) is 0 Å². The zero-order valence-corrected chi connectivity index (χ0v) is 32.7. The van der Waals surface area contributed by atoms with Crippen LogP contribution in [0.5, 0.6) is 0 Å². The van der Waals surface area contributed by atoms with Crippen molar-refractivity contribution in [3.05, 3.63) is 166 Å². The molecule has 0 saturated carbocycles. The first kappa shape index (κ1) is 35.7. The zero-order valence-electron chi connectivity index (χ0n) is 32.7. The number of nitrogens with zero attached hydrogens (tertiary/aromatic N) is 2. The topological polar surface area (TPSA) is 77.6 Å². The molecule has 0 atom stereocenters. The van der Waals surface area contributed by atoms with E-state index in [-0.39, 0.29) is 0 Å². The molecule has 57 heavy (non-hydrogen) atoms. The molecule has 0 unspecified atom stereocenters. The van der Waals surface area contributed by atoms with Gasteiger partial charge in [0, 0.05) is 49.9 Å². The molecule has 2 aliphatic rings. The van der Waals surface area contributed by atoms with E-state index < -0.39 is 5.60 Å². The van der Waals surface area contributed by atoms with Crippen LogP contribution in [-0.2, 0) is 0 Å². The van der Waals surface area contributed by atoms with E-state index in [2.05, 4.69) is 176 Å². The fourth-order valence-corrected chi connectivity index (χ4v) is 7.53. The number of aromatic nitrogens is 4. The van der Waals surface area contributed by atoms with Gasteiger partial charge < -0.3 is 15.1 Å². The minimum absolute atomic E-state index is 0.831. The van der Waals surface area contributed by atoms with Crippen LogP contribution >= 0.6 is 0 Å². The predicted octanol–water partition coefficient (Wildman–Crippen LogP) is 12.4. The molecule has 4 aromatic carbocycles. The number of aromatic amines is 2. The monoisotopic (exact) mass is 738 g/mol. The maximum absolute atomic E-state index is 10.2. The Morgan fingerprint density at radius 3 is 1.12 bits per heavy atom. The molecular weight excluding hydrogens is 697 g/mol. The normalized spacial score (nSPS) is 12.1. The van der Waals surface area contributed by atoms with Gasteiger partial charge in [0.05, 0.1) is 22.8 Å². The lowest BCUT2D eigenvalue weighted by molar-refractivity contribution is 0.143. The van der Waals surface area contributed by atoms with Crippen LogP contribution in [0.4, 0.5) is 0 Å². The van der Waals surface area contributed by atoms with Gasteiger partial charge in [0.2, 0.25) is 0 Å². The summed E-state index contributed by atoms with van der Waals surface area (Å²) in [6.45, 7) is 9.71. The second-order valence-corrected chi connectivity index (χ2v) is 15.5. The van der Waals surface area contributed by atoms with Crippen molar-refractivity contribution in [2.75, 3.05) is 0 Å². The Hall–Kier alpha value is -7.00. The van der Waals surface area contributed by atoms with Gasteiger partial charge in [-0.1, -0.05) is 113 Å². The molecule has 9 rings (SSSR count). The Labute approximate surface area is 333 Å². The molecule has 0 fully saturated rings. The molecule has 5 nitrogen and oxygen atoms in total. The zero-order chi connectivity index (χ0) is 39.3. The molecule has 0 saturated heterocycles. The van der Waals surface area contributed by atoms with Gasteiger partial charge in [-0.05, 0) is 118 Å². The molecule has 5 heteroatoms. The fraction of sp³-hybridized carbons (Fsp3) is 0.115. The van der Waals surface area contributed by atoms with Crippen molar-refractivity contribution in [1.29, 1.82) is 0 Å². The highest BCUT2D eigenvalue weighted by Gasteiger charge is 2.19. The lowest BCUT2D eigenvalue weighted by atomic mass is 10.0. The van der Waals surface area contributed by atoms with Gasteiger partial charge >= 0.3 is 0 Å². The minimum Gasteiger partial charge on any atom is -0.378 e. The van der Waals surface area contributed by atoms with Gasteiger partial charge in [-0.3, -0.25) is 0 Å².